The van der Waals surface area contributed by atoms with E-state index in [2.05, 4.69) is 25.9 Å². The number of benzene rings is 1. The summed E-state index contributed by atoms with van der Waals surface area (Å²) in [4.78, 5) is 4.55. The molecule has 0 heterocycles. The molecule has 0 saturated heterocycles. The van der Waals surface area contributed by atoms with Crippen molar-refractivity contribution in [3.63, 3.8) is 0 Å². The molecule has 1 aromatic rings. The van der Waals surface area contributed by atoms with E-state index in [1.807, 2.05) is 12.1 Å². The predicted molar refractivity (Wildman–Crippen MR) is 53.8 cm³/mol. The van der Waals surface area contributed by atoms with Crippen molar-refractivity contribution in [1.82, 2.24) is 0 Å². The highest BCUT2D eigenvalue weighted by Gasteiger charge is 2.00. The van der Waals surface area contributed by atoms with Gasteiger partial charge in [0.25, 0.3) is 0 Å². The Balaban J connectivity index is 3.04. The fraction of sp³-hybridized carbons (Fsp3) is 0.125. The molecule has 64 valence electrons. The zero-order chi connectivity index (χ0) is 8.97. The Hall–Kier alpha value is -0.540. The van der Waals surface area contributed by atoms with E-state index in [9.17, 15) is 0 Å². The van der Waals surface area contributed by atoms with Crippen molar-refractivity contribution in [2.45, 2.75) is 0 Å². The van der Waals surface area contributed by atoms with Crippen LogP contribution in [0.3, 0.4) is 0 Å². The third-order valence-electron chi connectivity index (χ3n) is 1.29. The zero-order valence-corrected chi connectivity index (χ0v) is 8.76. The van der Waals surface area contributed by atoms with Gasteiger partial charge in [-0.25, -0.2) is 0 Å². The Morgan fingerprint density at radius 1 is 1.58 bits per heavy atom. The van der Waals surface area contributed by atoms with E-state index in [1.165, 1.54) is 7.11 Å². The number of oxime groups is 1. The maximum absolute atomic E-state index is 5.89. The van der Waals surface area contributed by atoms with E-state index in [0.29, 0.717) is 5.02 Å². The van der Waals surface area contributed by atoms with Crippen LogP contribution < -0.4 is 0 Å². The van der Waals surface area contributed by atoms with Crippen molar-refractivity contribution in [2.24, 2.45) is 5.16 Å². The largest absolute Gasteiger partial charge is 0.399 e. The molecule has 0 saturated carbocycles. The maximum Gasteiger partial charge on any atom is 0.106 e. The van der Waals surface area contributed by atoms with E-state index < -0.39 is 0 Å². The highest BCUT2D eigenvalue weighted by Crippen LogP contribution is 2.22. The molecule has 0 radical (unpaired) electrons. The summed E-state index contributed by atoms with van der Waals surface area (Å²) < 4.78 is 0.899. The molecular formula is C8H7BrClNO. The van der Waals surface area contributed by atoms with Gasteiger partial charge in [0.15, 0.2) is 0 Å². The van der Waals surface area contributed by atoms with Crippen molar-refractivity contribution in [3.05, 3.63) is 33.3 Å². The first-order valence-corrected chi connectivity index (χ1v) is 4.43. The van der Waals surface area contributed by atoms with Crippen LogP contribution in [-0.4, -0.2) is 13.3 Å². The van der Waals surface area contributed by atoms with Gasteiger partial charge in [0.05, 0.1) is 11.2 Å². The molecule has 0 aliphatic heterocycles. The molecule has 1 aromatic carbocycles. The van der Waals surface area contributed by atoms with Gasteiger partial charge >= 0.3 is 0 Å². The van der Waals surface area contributed by atoms with Crippen LogP contribution in [0.1, 0.15) is 5.56 Å². The fourth-order valence-corrected chi connectivity index (χ4v) is 1.55. The van der Waals surface area contributed by atoms with Gasteiger partial charge in [-0.1, -0.05) is 38.8 Å². The average molecular weight is 249 g/mol. The number of rotatable bonds is 2. The molecule has 0 fully saturated rings. The Morgan fingerprint density at radius 3 is 2.92 bits per heavy atom. The van der Waals surface area contributed by atoms with Crippen molar-refractivity contribution >= 4 is 33.7 Å². The van der Waals surface area contributed by atoms with Crippen molar-refractivity contribution in [1.29, 1.82) is 0 Å². The Bertz CT molecular complexity index is 281. The summed E-state index contributed by atoms with van der Waals surface area (Å²) in [6.07, 6.45) is 1.56. The molecule has 0 bridgehead atoms. The molecule has 0 N–H and O–H groups in total. The van der Waals surface area contributed by atoms with Gasteiger partial charge in [-0.15, -0.1) is 0 Å². The molecule has 0 unspecified atom stereocenters. The average Bonchev–Trinajstić information content (AvgIpc) is 2.04. The lowest BCUT2D eigenvalue weighted by atomic mass is 10.2. The van der Waals surface area contributed by atoms with E-state index in [4.69, 9.17) is 11.6 Å². The number of halogens is 2. The molecule has 2 nitrogen and oxygen atoms in total. The minimum absolute atomic E-state index is 0.644. The summed E-state index contributed by atoms with van der Waals surface area (Å²) in [5, 5.41) is 4.27. The Labute approximate surface area is 84.3 Å². The smallest absolute Gasteiger partial charge is 0.106 e. The summed E-state index contributed by atoms with van der Waals surface area (Å²) in [6.45, 7) is 0. The van der Waals surface area contributed by atoms with Gasteiger partial charge in [0.2, 0.25) is 0 Å². The van der Waals surface area contributed by atoms with E-state index in [1.54, 1.807) is 12.3 Å². The van der Waals surface area contributed by atoms with E-state index in [0.717, 1.165) is 10.0 Å². The summed E-state index contributed by atoms with van der Waals surface area (Å²) in [5.41, 5.74) is 0.820. The highest BCUT2D eigenvalue weighted by molar-refractivity contribution is 9.10. The van der Waals surface area contributed by atoms with Crippen LogP contribution >= 0.6 is 27.5 Å². The summed E-state index contributed by atoms with van der Waals surface area (Å²) in [7, 11) is 1.49. The minimum Gasteiger partial charge on any atom is -0.399 e. The second kappa shape index (κ2) is 4.48. The van der Waals surface area contributed by atoms with Crippen LogP contribution in [0.4, 0.5) is 0 Å². The number of hydrogen-bond acceptors (Lipinski definition) is 2. The Kier molecular flexibility index (Phi) is 3.56. The van der Waals surface area contributed by atoms with Crippen LogP contribution in [0, 0.1) is 0 Å². The third-order valence-corrected chi connectivity index (χ3v) is 2.31. The van der Waals surface area contributed by atoms with Crippen LogP contribution in [0.2, 0.25) is 5.02 Å². The molecule has 0 aromatic heterocycles. The summed E-state index contributed by atoms with van der Waals surface area (Å²) in [6, 6.07) is 5.54. The van der Waals surface area contributed by atoms with E-state index >= 15 is 0 Å². The maximum atomic E-state index is 5.89. The fourth-order valence-electron chi connectivity index (χ4n) is 0.739. The molecule has 12 heavy (non-hydrogen) atoms. The topological polar surface area (TPSA) is 21.6 Å². The van der Waals surface area contributed by atoms with Crippen LogP contribution in [0.25, 0.3) is 0 Å². The summed E-state index contributed by atoms with van der Waals surface area (Å²) in [5.74, 6) is 0. The SMILES string of the molecule is CO/N=C/c1c(Cl)cccc1Br. The normalized spacial score (nSPS) is 10.6. The standard InChI is InChI=1S/C8H7BrClNO/c1-12-11-5-6-7(9)3-2-4-8(6)10/h2-5H,1H3/b11-5+. The molecule has 0 amide bonds. The Morgan fingerprint density at radius 2 is 2.33 bits per heavy atom. The number of nitrogens with zero attached hydrogens (tertiary/aromatic N) is 1. The summed E-state index contributed by atoms with van der Waals surface area (Å²) >= 11 is 9.23. The van der Waals surface area contributed by atoms with Crippen LogP contribution in [0.5, 0.6) is 0 Å². The van der Waals surface area contributed by atoms with Crippen LogP contribution in [0.15, 0.2) is 27.8 Å². The first kappa shape index (κ1) is 9.55. The highest BCUT2D eigenvalue weighted by atomic mass is 79.9. The lowest BCUT2D eigenvalue weighted by Gasteiger charge is -1.99. The van der Waals surface area contributed by atoms with Crippen molar-refractivity contribution in [3.8, 4) is 0 Å². The molecule has 4 heteroatoms. The van der Waals surface area contributed by atoms with Crippen molar-refractivity contribution in [2.75, 3.05) is 7.11 Å². The van der Waals surface area contributed by atoms with Gasteiger partial charge in [-0.3, -0.25) is 0 Å². The second-order valence-corrected chi connectivity index (χ2v) is 3.31. The molecule has 0 aliphatic rings. The van der Waals surface area contributed by atoms with Gasteiger partial charge in [0, 0.05) is 10.0 Å². The quantitative estimate of drug-likeness (QED) is 0.582. The van der Waals surface area contributed by atoms with Gasteiger partial charge in [-0.05, 0) is 12.1 Å². The minimum atomic E-state index is 0.644. The first-order valence-electron chi connectivity index (χ1n) is 3.26. The molecule has 0 atom stereocenters. The first-order chi connectivity index (χ1) is 5.75. The molecule has 1 rings (SSSR count). The van der Waals surface area contributed by atoms with Gasteiger partial charge in [0.1, 0.15) is 7.11 Å². The molecular weight excluding hydrogens is 241 g/mol. The van der Waals surface area contributed by atoms with E-state index in [-0.39, 0.29) is 0 Å². The van der Waals surface area contributed by atoms with Gasteiger partial charge < -0.3 is 4.84 Å². The number of hydrogen-bond donors (Lipinski definition) is 0. The van der Waals surface area contributed by atoms with Crippen molar-refractivity contribution < 1.29 is 4.84 Å². The monoisotopic (exact) mass is 247 g/mol. The lowest BCUT2D eigenvalue weighted by Crippen LogP contribution is -1.85. The molecule has 0 aliphatic carbocycles. The lowest BCUT2D eigenvalue weighted by molar-refractivity contribution is 0.215. The third kappa shape index (κ3) is 2.22. The predicted octanol–water partition coefficient (Wildman–Crippen LogP) is 3.08. The van der Waals surface area contributed by atoms with Gasteiger partial charge in [-0.2, -0.15) is 0 Å². The zero-order valence-electron chi connectivity index (χ0n) is 6.42. The molecule has 0 spiro atoms. The van der Waals surface area contributed by atoms with Crippen LogP contribution in [-0.2, 0) is 4.84 Å². The second-order valence-electron chi connectivity index (χ2n) is 2.05.